The van der Waals surface area contributed by atoms with Crippen molar-refractivity contribution < 1.29 is 41.9 Å². The molecule has 0 radical (unpaired) electrons. The number of rotatable bonds is 6. The number of methoxy groups -OCH3 is 1. The molecule has 2 heterocycles. The molecule has 9 nitrogen and oxygen atoms in total. The average molecular weight is 545 g/mol. The Morgan fingerprint density at radius 2 is 1.95 bits per heavy atom. The van der Waals surface area contributed by atoms with Gasteiger partial charge in [-0.25, -0.2) is 18.4 Å². The van der Waals surface area contributed by atoms with E-state index >= 15 is 0 Å². The van der Waals surface area contributed by atoms with Gasteiger partial charge in [-0.05, 0) is 59.1 Å². The standard InChI is InChI=1S/C26H19ClF2N2O7/c1-34-22(32)13-35-20-9-6-14(27)12-18(20)24-16-7-8-19(28)23(29)15(16)10-11-31(24)38-26(33)36-25-17-4-2-3-5-21(17)37-30-25/h2-9,12,24H,10-11,13H2,1H3/t24-/m0/s1. The second-order valence-electron chi connectivity index (χ2n) is 8.20. The van der Waals surface area contributed by atoms with Crippen molar-refractivity contribution in [3.05, 3.63) is 87.9 Å². The van der Waals surface area contributed by atoms with Crippen molar-refractivity contribution in [2.75, 3.05) is 20.3 Å². The monoisotopic (exact) mass is 544 g/mol. The van der Waals surface area contributed by atoms with Gasteiger partial charge in [-0.3, -0.25) is 0 Å². The van der Waals surface area contributed by atoms with Crippen molar-refractivity contribution in [2.45, 2.75) is 12.5 Å². The summed E-state index contributed by atoms with van der Waals surface area (Å²) in [5, 5.41) is 5.73. The average Bonchev–Trinajstić information content (AvgIpc) is 3.32. The highest BCUT2D eigenvalue weighted by Crippen LogP contribution is 2.42. The lowest BCUT2D eigenvalue weighted by Crippen LogP contribution is -2.39. The molecule has 1 aliphatic rings. The molecule has 0 saturated carbocycles. The molecule has 196 valence electrons. The summed E-state index contributed by atoms with van der Waals surface area (Å²) in [4.78, 5) is 30.1. The van der Waals surface area contributed by atoms with Crippen LogP contribution in [0, 0.1) is 11.6 Å². The summed E-state index contributed by atoms with van der Waals surface area (Å²) in [6, 6.07) is 12.7. The van der Waals surface area contributed by atoms with Crippen LogP contribution in [0.25, 0.3) is 11.0 Å². The van der Waals surface area contributed by atoms with E-state index in [4.69, 9.17) is 30.4 Å². The quantitative estimate of drug-likeness (QED) is 0.296. The Balaban J connectivity index is 1.50. The van der Waals surface area contributed by atoms with Gasteiger partial charge in [0, 0.05) is 17.1 Å². The van der Waals surface area contributed by atoms with E-state index in [9.17, 15) is 18.4 Å². The molecule has 0 aliphatic carbocycles. The van der Waals surface area contributed by atoms with Gasteiger partial charge in [-0.2, -0.15) is 0 Å². The molecule has 5 rings (SSSR count). The van der Waals surface area contributed by atoms with Gasteiger partial charge in [-0.1, -0.05) is 29.8 Å². The maximum Gasteiger partial charge on any atom is 0.535 e. The minimum absolute atomic E-state index is 0.0223. The van der Waals surface area contributed by atoms with Crippen molar-refractivity contribution in [1.29, 1.82) is 0 Å². The van der Waals surface area contributed by atoms with Gasteiger partial charge in [0.1, 0.15) is 11.8 Å². The number of aromatic nitrogens is 1. The van der Waals surface area contributed by atoms with Gasteiger partial charge in [0.15, 0.2) is 23.8 Å². The van der Waals surface area contributed by atoms with Crippen LogP contribution >= 0.6 is 11.6 Å². The number of fused-ring (bicyclic) bond motifs is 2. The molecule has 0 fully saturated rings. The van der Waals surface area contributed by atoms with Gasteiger partial charge in [0.25, 0.3) is 5.88 Å². The molecule has 0 spiro atoms. The van der Waals surface area contributed by atoms with Gasteiger partial charge in [0.2, 0.25) is 0 Å². The Labute approximate surface area is 219 Å². The van der Waals surface area contributed by atoms with Crippen LogP contribution in [0.1, 0.15) is 22.7 Å². The van der Waals surface area contributed by atoms with Crippen molar-refractivity contribution in [3.63, 3.8) is 0 Å². The largest absolute Gasteiger partial charge is 0.535 e. The second kappa shape index (κ2) is 10.6. The molecule has 4 aromatic rings. The first-order chi connectivity index (χ1) is 18.4. The highest BCUT2D eigenvalue weighted by molar-refractivity contribution is 6.30. The van der Waals surface area contributed by atoms with E-state index in [2.05, 4.69) is 9.89 Å². The number of halogens is 3. The third-order valence-electron chi connectivity index (χ3n) is 5.95. The van der Waals surface area contributed by atoms with Crippen LogP contribution in [0.3, 0.4) is 0 Å². The molecule has 1 atom stereocenters. The third-order valence-corrected chi connectivity index (χ3v) is 6.19. The summed E-state index contributed by atoms with van der Waals surface area (Å²) < 4.78 is 49.5. The zero-order chi connectivity index (χ0) is 26.8. The molecule has 1 aliphatic heterocycles. The Hall–Kier alpha value is -4.22. The Kier molecular flexibility index (Phi) is 7.12. The number of nitrogens with zero attached hydrogens (tertiary/aromatic N) is 2. The van der Waals surface area contributed by atoms with Gasteiger partial charge in [-0.15, -0.1) is 5.06 Å². The number of para-hydroxylation sites is 1. The maximum absolute atomic E-state index is 14.8. The Morgan fingerprint density at radius 3 is 2.76 bits per heavy atom. The molecular weight excluding hydrogens is 526 g/mol. The van der Waals surface area contributed by atoms with E-state index in [1.54, 1.807) is 24.3 Å². The zero-order valence-electron chi connectivity index (χ0n) is 19.8. The molecule has 12 heteroatoms. The predicted molar refractivity (Wildman–Crippen MR) is 129 cm³/mol. The second-order valence-corrected chi connectivity index (χ2v) is 8.63. The molecule has 0 bridgehead atoms. The fourth-order valence-electron chi connectivity index (χ4n) is 4.23. The summed E-state index contributed by atoms with van der Waals surface area (Å²) in [7, 11) is 1.21. The van der Waals surface area contributed by atoms with Crippen LogP contribution in [0.5, 0.6) is 11.6 Å². The van der Waals surface area contributed by atoms with Gasteiger partial charge in [0.05, 0.1) is 12.5 Å². The fourth-order valence-corrected chi connectivity index (χ4v) is 4.42. The number of hydrogen-bond donors (Lipinski definition) is 0. The van der Waals surface area contributed by atoms with Crippen molar-refractivity contribution in [3.8, 4) is 11.6 Å². The van der Waals surface area contributed by atoms with Crippen LogP contribution in [0.4, 0.5) is 13.6 Å². The first-order valence-electron chi connectivity index (χ1n) is 11.3. The van der Waals surface area contributed by atoms with Crippen LogP contribution in [-0.2, 0) is 20.8 Å². The number of hydroxylamine groups is 2. The van der Waals surface area contributed by atoms with Gasteiger partial charge >= 0.3 is 12.1 Å². The molecule has 38 heavy (non-hydrogen) atoms. The fraction of sp³-hybridized carbons (Fsp3) is 0.192. The minimum atomic E-state index is -1.14. The molecule has 0 unspecified atom stereocenters. The third kappa shape index (κ3) is 4.98. The van der Waals surface area contributed by atoms with E-state index < -0.39 is 36.4 Å². The SMILES string of the molecule is COC(=O)COc1ccc(Cl)cc1[C@@H]1c2ccc(F)c(F)c2CCN1OC(=O)Oc1noc2ccccc12. The smallest absolute Gasteiger partial charge is 0.482 e. The van der Waals surface area contributed by atoms with Crippen LogP contribution in [0.2, 0.25) is 5.02 Å². The summed E-state index contributed by atoms with van der Waals surface area (Å²) in [5.41, 5.74) is 1.14. The lowest BCUT2D eigenvalue weighted by atomic mass is 9.88. The van der Waals surface area contributed by atoms with Gasteiger partial charge < -0.3 is 23.6 Å². The van der Waals surface area contributed by atoms with E-state index in [1.165, 1.54) is 36.4 Å². The first-order valence-corrected chi connectivity index (χ1v) is 11.7. The number of carbonyl (C=O) groups excluding carboxylic acids is 2. The van der Waals surface area contributed by atoms with Crippen molar-refractivity contribution in [2.24, 2.45) is 0 Å². The Morgan fingerprint density at radius 1 is 1.13 bits per heavy atom. The summed E-state index contributed by atoms with van der Waals surface area (Å²) in [6.45, 7) is -0.458. The topological polar surface area (TPSA) is 100 Å². The number of ether oxygens (including phenoxy) is 3. The molecule has 0 N–H and O–H groups in total. The number of carbonyl (C=O) groups is 2. The van der Waals surface area contributed by atoms with E-state index in [0.29, 0.717) is 22.1 Å². The minimum Gasteiger partial charge on any atom is -0.482 e. The van der Waals surface area contributed by atoms with Crippen molar-refractivity contribution >= 4 is 34.7 Å². The van der Waals surface area contributed by atoms with Crippen LogP contribution in [-0.4, -0.2) is 42.6 Å². The summed E-state index contributed by atoms with van der Waals surface area (Å²) in [6.07, 6.45) is -1.12. The van der Waals surface area contributed by atoms with E-state index in [-0.39, 0.29) is 35.2 Å². The zero-order valence-corrected chi connectivity index (χ0v) is 20.5. The lowest BCUT2D eigenvalue weighted by molar-refractivity contribution is -0.143. The van der Waals surface area contributed by atoms with Crippen molar-refractivity contribution in [1.82, 2.24) is 10.2 Å². The highest BCUT2D eigenvalue weighted by Gasteiger charge is 2.36. The molecule has 0 amide bonds. The summed E-state index contributed by atoms with van der Waals surface area (Å²) >= 11 is 6.26. The number of hydrogen-bond acceptors (Lipinski definition) is 9. The lowest BCUT2D eigenvalue weighted by Gasteiger charge is -2.36. The van der Waals surface area contributed by atoms with E-state index in [1.807, 2.05) is 0 Å². The van der Waals surface area contributed by atoms with E-state index in [0.717, 1.165) is 6.07 Å². The molecule has 0 saturated heterocycles. The molecule has 1 aromatic heterocycles. The number of benzene rings is 3. The molecular formula is C26H19ClF2N2O7. The molecule has 3 aromatic carbocycles. The number of esters is 1. The highest BCUT2D eigenvalue weighted by atomic mass is 35.5. The maximum atomic E-state index is 14.8. The first kappa shape index (κ1) is 25.4. The summed E-state index contributed by atoms with van der Waals surface area (Å²) in [5.74, 6) is -2.57. The predicted octanol–water partition coefficient (Wildman–Crippen LogP) is 5.39. The Bertz CT molecular complexity index is 1530. The normalized spacial score (nSPS) is 15.1. The van der Waals surface area contributed by atoms with Crippen LogP contribution in [0.15, 0.2) is 59.1 Å². The van der Waals surface area contributed by atoms with Crippen LogP contribution < -0.4 is 9.47 Å².